The highest BCUT2D eigenvalue weighted by Crippen LogP contribution is 2.09. The fraction of sp³-hybridized carbons (Fsp3) is 0.417. The first-order chi connectivity index (χ1) is 8.11. The molecule has 0 heterocycles. The molecule has 0 bridgehead atoms. The summed E-state index contributed by atoms with van der Waals surface area (Å²) in [6.07, 6.45) is 0. The molecule has 1 N–H and O–H groups in total. The minimum Gasteiger partial charge on any atom is -0.544 e. The Labute approximate surface area is 106 Å². The number of hydrogen-bond acceptors (Lipinski definition) is 3. The Bertz CT molecular complexity index is 371. The van der Waals surface area contributed by atoms with E-state index in [0.29, 0.717) is 24.7 Å². The average Bonchev–Trinajstić information content (AvgIpc) is 2.25. The smallest absolute Gasteiger partial charge is 0.118 e. The molecule has 0 aliphatic heterocycles. The molecule has 5 heteroatoms. The van der Waals surface area contributed by atoms with Crippen LogP contribution in [0.2, 0.25) is 5.02 Å². The molecular formula is C12H16ClNO3. The van der Waals surface area contributed by atoms with Crippen molar-refractivity contribution >= 4 is 17.6 Å². The van der Waals surface area contributed by atoms with Gasteiger partial charge in [-0.15, -0.1) is 0 Å². The zero-order chi connectivity index (χ0) is 12.7. The first kappa shape index (κ1) is 14.0. The number of carbonyl (C=O) groups is 1. The molecule has 1 aromatic rings. The summed E-state index contributed by atoms with van der Waals surface area (Å²) < 4.78 is 4.96. The number of hydrogen-bond donors (Lipinski definition) is 1. The van der Waals surface area contributed by atoms with E-state index in [0.717, 1.165) is 10.5 Å². The standard InChI is InChI=1S/C12H16ClNO3/c1-17-6-5-14(9-12(15)16)8-10-3-2-4-11(13)7-10/h2-4,7H,5-6,8-9H2,1H3,(H,15,16). The van der Waals surface area contributed by atoms with E-state index in [1.54, 1.807) is 13.2 Å². The quantitative estimate of drug-likeness (QED) is 0.690. The van der Waals surface area contributed by atoms with Gasteiger partial charge in [-0.25, -0.2) is 0 Å². The monoisotopic (exact) mass is 257 g/mol. The molecular weight excluding hydrogens is 242 g/mol. The van der Waals surface area contributed by atoms with Crippen LogP contribution < -0.4 is 10.0 Å². The van der Waals surface area contributed by atoms with E-state index in [9.17, 15) is 9.90 Å². The average molecular weight is 258 g/mol. The minimum absolute atomic E-state index is 0.0319. The molecule has 0 aromatic heterocycles. The fourth-order valence-electron chi connectivity index (χ4n) is 1.63. The van der Waals surface area contributed by atoms with Crippen molar-refractivity contribution in [1.82, 2.24) is 0 Å². The van der Waals surface area contributed by atoms with Crippen molar-refractivity contribution in [3.63, 3.8) is 0 Å². The third-order valence-corrected chi connectivity index (χ3v) is 2.63. The van der Waals surface area contributed by atoms with E-state index in [1.165, 1.54) is 0 Å². The predicted molar refractivity (Wildman–Crippen MR) is 62.7 cm³/mol. The second-order valence-electron chi connectivity index (χ2n) is 3.85. The molecule has 1 aromatic carbocycles. The second kappa shape index (κ2) is 7.27. The highest BCUT2D eigenvalue weighted by Gasteiger charge is 2.09. The van der Waals surface area contributed by atoms with E-state index in [2.05, 4.69) is 0 Å². The number of benzene rings is 1. The summed E-state index contributed by atoms with van der Waals surface area (Å²) in [5.74, 6) is -1.06. The molecule has 0 fully saturated rings. The topological polar surface area (TPSA) is 53.8 Å². The lowest BCUT2D eigenvalue weighted by atomic mass is 10.2. The molecule has 94 valence electrons. The van der Waals surface area contributed by atoms with Gasteiger partial charge in [-0.1, -0.05) is 23.7 Å². The van der Waals surface area contributed by atoms with Gasteiger partial charge in [0.05, 0.1) is 12.6 Å². The Morgan fingerprint density at radius 3 is 2.88 bits per heavy atom. The number of carboxylic acids is 1. The second-order valence-corrected chi connectivity index (χ2v) is 4.28. The molecule has 1 atom stereocenters. The van der Waals surface area contributed by atoms with E-state index >= 15 is 0 Å². The van der Waals surface area contributed by atoms with Gasteiger partial charge in [0.2, 0.25) is 0 Å². The molecule has 17 heavy (non-hydrogen) atoms. The first-order valence-electron chi connectivity index (χ1n) is 5.38. The molecule has 0 aliphatic carbocycles. The van der Waals surface area contributed by atoms with Crippen LogP contribution in [-0.4, -0.2) is 32.8 Å². The van der Waals surface area contributed by atoms with Crippen LogP contribution in [0.5, 0.6) is 0 Å². The lowest BCUT2D eigenvalue weighted by molar-refractivity contribution is -0.908. The zero-order valence-electron chi connectivity index (χ0n) is 9.74. The molecule has 0 saturated heterocycles. The van der Waals surface area contributed by atoms with Crippen molar-refractivity contribution in [3.05, 3.63) is 34.9 Å². The van der Waals surface area contributed by atoms with Crippen LogP contribution in [0.1, 0.15) is 5.56 Å². The SMILES string of the molecule is COCC[NH+](CC(=O)[O-])Cc1cccc(Cl)c1. The molecule has 1 rings (SSSR count). The fourth-order valence-corrected chi connectivity index (χ4v) is 1.84. The van der Waals surface area contributed by atoms with Crippen LogP contribution >= 0.6 is 11.6 Å². The summed E-state index contributed by atoms with van der Waals surface area (Å²) in [5, 5.41) is 11.3. The molecule has 0 spiro atoms. The minimum atomic E-state index is -1.06. The lowest BCUT2D eigenvalue weighted by Gasteiger charge is -2.19. The van der Waals surface area contributed by atoms with Crippen LogP contribution in [-0.2, 0) is 16.1 Å². The third kappa shape index (κ3) is 5.68. The van der Waals surface area contributed by atoms with Crippen molar-refractivity contribution in [2.24, 2.45) is 0 Å². The van der Waals surface area contributed by atoms with Gasteiger partial charge in [0, 0.05) is 17.7 Å². The van der Waals surface area contributed by atoms with E-state index in [-0.39, 0.29) is 6.54 Å². The van der Waals surface area contributed by atoms with Gasteiger partial charge in [0.1, 0.15) is 19.6 Å². The summed E-state index contributed by atoms with van der Waals surface area (Å²) in [6, 6.07) is 7.40. The normalized spacial score (nSPS) is 12.4. The van der Waals surface area contributed by atoms with Crippen LogP contribution in [0.3, 0.4) is 0 Å². The highest BCUT2D eigenvalue weighted by atomic mass is 35.5. The Balaban J connectivity index is 2.61. The zero-order valence-corrected chi connectivity index (χ0v) is 10.5. The molecule has 0 saturated carbocycles. The van der Waals surface area contributed by atoms with Crippen LogP contribution in [0.4, 0.5) is 0 Å². The van der Waals surface area contributed by atoms with Gasteiger partial charge >= 0.3 is 0 Å². The van der Waals surface area contributed by atoms with Gasteiger partial charge in [-0.2, -0.15) is 0 Å². The third-order valence-electron chi connectivity index (χ3n) is 2.40. The van der Waals surface area contributed by atoms with Gasteiger partial charge in [0.25, 0.3) is 0 Å². The predicted octanol–water partition coefficient (Wildman–Crippen LogP) is -0.879. The summed E-state index contributed by atoms with van der Waals surface area (Å²) in [5.41, 5.74) is 1.00. The number of methoxy groups -OCH3 is 1. The number of ether oxygens (including phenoxy) is 1. The van der Waals surface area contributed by atoms with Crippen molar-refractivity contribution in [3.8, 4) is 0 Å². The van der Waals surface area contributed by atoms with Gasteiger partial charge in [-0.3, -0.25) is 0 Å². The lowest BCUT2D eigenvalue weighted by Crippen LogP contribution is -3.12. The number of carbonyl (C=O) groups excluding carboxylic acids is 1. The van der Waals surface area contributed by atoms with E-state index in [4.69, 9.17) is 16.3 Å². The van der Waals surface area contributed by atoms with Gasteiger partial charge in [0.15, 0.2) is 0 Å². The Hall–Kier alpha value is -1.10. The maximum Gasteiger partial charge on any atom is 0.118 e. The number of quaternary nitrogens is 1. The Morgan fingerprint density at radius 1 is 1.53 bits per heavy atom. The van der Waals surface area contributed by atoms with Crippen LogP contribution in [0.15, 0.2) is 24.3 Å². The number of rotatable bonds is 7. The Kier molecular flexibility index (Phi) is 5.97. The van der Waals surface area contributed by atoms with E-state index < -0.39 is 5.97 Å². The summed E-state index contributed by atoms with van der Waals surface area (Å²) in [7, 11) is 1.59. The summed E-state index contributed by atoms with van der Waals surface area (Å²) >= 11 is 5.88. The van der Waals surface area contributed by atoms with Crippen molar-refractivity contribution < 1.29 is 19.5 Å². The number of halogens is 1. The summed E-state index contributed by atoms with van der Waals surface area (Å²) in [6.45, 7) is 1.70. The first-order valence-corrected chi connectivity index (χ1v) is 5.76. The maximum atomic E-state index is 10.6. The largest absolute Gasteiger partial charge is 0.544 e. The van der Waals surface area contributed by atoms with Crippen molar-refractivity contribution in [1.29, 1.82) is 0 Å². The Morgan fingerprint density at radius 2 is 2.29 bits per heavy atom. The molecule has 0 aliphatic rings. The van der Waals surface area contributed by atoms with E-state index in [1.807, 2.05) is 18.2 Å². The maximum absolute atomic E-state index is 10.6. The van der Waals surface area contributed by atoms with Crippen molar-refractivity contribution in [2.45, 2.75) is 6.54 Å². The van der Waals surface area contributed by atoms with Crippen molar-refractivity contribution in [2.75, 3.05) is 26.8 Å². The van der Waals surface area contributed by atoms with Crippen LogP contribution in [0.25, 0.3) is 0 Å². The van der Waals surface area contributed by atoms with Gasteiger partial charge < -0.3 is 19.5 Å². The van der Waals surface area contributed by atoms with Gasteiger partial charge in [-0.05, 0) is 12.1 Å². The molecule has 0 amide bonds. The number of nitrogens with one attached hydrogen (secondary N) is 1. The van der Waals surface area contributed by atoms with Crippen LogP contribution in [0, 0.1) is 0 Å². The number of carboxylic acid groups (broad SMARTS) is 1. The highest BCUT2D eigenvalue weighted by molar-refractivity contribution is 6.30. The molecule has 1 unspecified atom stereocenters. The molecule has 0 radical (unpaired) electrons. The summed E-state index contributed by atoms with van der Waals surface area (Å²) in [4.78, 5) is 11.5. The number of aliphatic carboxylic acids is 1. The molecule has 4 nitrogen and oxygen atoms in total.